The molecule has 0 saturated heterocycles. The fraction of sp³-hybridized carbons (Fsp3) is 0.327. The maximum atomic E-state index is 14.0. The highest BCUT2D eigenvalue weighted by molar-refractivity contribution is 7.81. The fourth-order valence-electron chi connectivity index (χ4n) is 9.08. The molecule has 0 aliphatic carbocycles. The first-order valence-electron chi connectivity index (χ1n) is 21.2. The Morgan fingerprint density at radius 1 is 0.778 bits per heavy atom. The van der Waals surface area contributed by atoms with E-state index in [4.69, 9.17) is 18.9 Å². The number of ether oxygens (including phenoxy) is 4. The molecule has 5 aromatic carbocycles. The van der Waals surface area contributed by atoms with Gasteiger partial charge in [0.25, 0.3) is 11.8 Å². The summed E-state index contributed by atoms with van der Waals surface area (Å²) in [4.78, 5) is 44.8. The van der Waals surface area contributed by atoms with Crippen LogP contribution in [-0.2, 0) is 30.8 Å². The third-order valence-electron chi connectivity index (χ3n) is 12.1. The maximum Gasteiger partial charge on any atom is 0.260 e. The summed E-state index contributed by atoms with van der Waals surface area (Å²) in [6.07, 6.45) is 2.03. The minimum atomic E-state index is -1.03. The Labute approximate surface area is 372 Å². The minimum Gasteiger partial charge on any atom is -0.493 e. The van der Waals surface area contributed by atoms with E-state index in [0.29, 0.717) is 77.0 Å². The molecule has 0 bridgehead atoms. The average molecular weight is 870 g/mol. The molecule has 4 heterocycles. The normalized spacial score (nSPS) is 18.3. The molecule has 3 atom stereocenters. The second kappa shape index (κ2) is 17.1. The maximum absolute atomic E-state index is 14.0. The summed E-state index contributed by atoms with van der Waals surface area (Å²) in [7, 11) is 3.06. The van der Waals surface area contributed by atoms with Gasteiger partial charge in [-0.3, -0.25) is 14.4 Å². The van der Waals surface area contributed by atoms with Crippen molar-refractivity contribution in [2.75, 3.05) is 46.5 Å². The monoisotopic (exact) mass is 869 g/mol. The van der Waals surface area contributed by atoms with Crippen molar-refractivity contribution in [1.29, 1.82) is 0 Å². The van der Waals surface area contributed by atoms with Crippen LogP contribution in [0.1, 0.15) is 76.1 Å². The summed E-state index contributed by atoms with van der Waals surface area (Å²) in [6, 6.07) is 27.7. The summed E-state index contributed by atoms with van der Waals surface area (Å²) in [5, 5.41) is 21.0. The van der Waals surface area contributed by atoms with Crippen LogP contribution >= 0.6 is 12.6 Å². The van der Waals surface area contributed by atoms with Gasteiger partial charge in [0, 0.05) is 46.9 Å². The molecular formula is C49H51N5O8S. The Kier molecular flexibility index (Phi) is 11.4. The fourth-order valence-corrected chi connectivity index (χ4v) is 9.24. The number of amides is 3. The summed E-state index contributed by atoms with van der Waals surface area (Å²) in [5.74, 6) is 1.07. The van der Waals surface area contributed by atoms with Crippen molar-refractivity contribution in [3.05, 3.63) is 124 Å². The Morgan fingerprint density at radius 3 is 1.98 bits per heavy atom. The van der Waals surface area contributed by atoms with Crippen LogP contribution in [0.2, 0.25) is 0 Å². The number of aliphatic hydroxyl groups is 1. The molecule has 0 radical (unpaired) electrons. The molecule has 9 rings (SSSR count). The van der Waals surface area contributed by atoms with E-state index >= 15 is 0 Å². The standard InChI is InChI=1S/C49H51N5O8S/c1-49(2,63)15-9-14-45(55)51-32-17-28(26-61-43-23-36-34(21-41(43)59-3)47(57)53-33(25-50-36)19-30-10-5-7-12-38(30)53)16-29(18-32)27-62-44-24-37-35(22-42(44)60-4)48(58)54-39-13-8-6-11-31(39)20-40(54)46(56)52-37/h5-8,10-13,16-18,21-24,33,40,46,50,52,56,63H,9,14-15,19-20,25-27H2,1-4H3,(H,51,55)/t33-,40-,46?/m0/s1. The van der Waals surface area contributed by atoms with Gasteiger partial charge in [-0.15, -0.1) is 0 Å². The van der Waals surface area contributed by atoms with E-state index in [1.807, 2.05) is 85.5 Å². The van der Waals surface area contributed by atoms with Gasteiger partial charge >= 0.3 is 0 Å². The molecule has 1 unspecified atom stereocenters. The van der Waals surface area contributed by atoms with Gasteiger partial charge in [-0.05, 0) is 90.4 Å². The molecule has 326 valence electrons. The van der Waals surface area contributed by atoms with Gasteiger partial charge in [0.05, 0.1) is 48.8 Å². The first-order chi connectivity index (χ1) is 30.4. The van der Waals surface area contributed by atoms with Crippen LogP contribution < -0.4 is 44.7 Å². The van der Waals surface area contributed by atoms with Gasteiger partial charge in [-0.2, -0.15) is 12.6 Å². The second-order valence-corrected chi connectivity index (χ2v) is 18.3. The quantitative estimate of drug-likeness (QED) is 0.0737. The van der Waals surface area contributed by atoms with Gasteiger partial charge in [0.2, 0.25) is 5.91 Å². The van der Waals surface area contributed by atoms with E-state index in [0.717, 1.165) is 46.5 Å². The zero-order valence-electron chi connectivity index (χ0n) is 35.7. The van der Waals surface area contributed by atoms with Gasteiger partial charge in [-0.25, -0.2) is 0 Å². The lowest BCUT2D eigenvalue weighted by Crippen LogP contribution is -2.45. The first kappa shape index (κ1) is 41.9. The molecule has 0 spiro atoms. The number of carbonyl (C=O) groups is 3. The SMILES string of the molecule is COc1cc2c(cc1OCc1cc(COc3cc4c(cc3OC)C(=O)N3c5ccccc5C[C@H]3C(O)N4)cc(NC(=O)CCCC(C)(C)S)c1)NC[C@@H]1Cc3ccccc3N1C2=O. The number of thiol groups is 1. The smallest absolute Gasteiger partial charge is 0.260 e. The Hall–Kier alpha value is -6.38. The van der Waals surface area contributed by atoms with E-state index in [1.54, 1.807) is 30.2 Å². The number of hydrogen-bond acceptors (Lipinski definition) is 11. The number of carbonyl (C=O) groups excluding carboxylic acids is 3. The Balaban J connectivity index is 0.967. The Bertz CT molecular complexity index is 2610. The van der Waals surface area contributed by atoms with Crippen molar-refractivity contribution in [3.8, 4) is 23.0 Å². The highest BCUT2D eigenvalue weighted by Gasteiger charge is 2.42. The van der Waals surface area contributed by atoms with Crippen molar-refractivity contribution in [3.63, 3.8) is 0 Å². The number of fused-ring (bicyclic) bond motifs is 8. The van der Waals surface area contributed by atoms with Crippen molar-refractivity contribution in [2.24, 2.45) is 0 Å². The molecule has 63 heavy (non-hydrogen) atoms. The van der Waals surface area contributed by atoms with E-state index in [1.165, 1.54) is 7.11 Å². The first-order valence-corrected chi connectivity index (χ1v) is 21.7. The minimum absolute atomic E-state index is 0.0207. The lowest BCUT2D eigenvalue weighted by atomic mass is 10.1. The van der Waals surface area contributed by atoms with E-state index in [-0.39, 0.29) is 41.7 Å². The van der Waals surface area contributed by atoms with Crippen molar-refractivity contribution in [1.82, 2.24) is 0 Å². The number of para-hydroxylation sites is 2. The number of nitrogens with zero attached hydrogens (tertiary/aromatic N) is 2. The summed E-state index contributed by atoms with van der Waals surface area (Å²) >= 11 is 4.61. The summed E-state index contributed by atoms with van der Waals surface area (Å²) < 4.78 is 24.2. The number of rotatable bonds is 13. The molecular weight excluding hydrogens is 819 g/mol. The van der Waals surface area contributed by atoms with Gasteiger partial charge in [0.15, 0.2) is 23.0 Å². The Morgan fingerprint density at radius 2 is 1.35 bits per heavy atom. The van der Waals surface area contributed by atoms with E-state index in [9.17, 15) is 19.5 Å². The molecule has 4 aliphatic heterocycles. The third kappa shape index (κ3) is 8.44. The predicted octanol–water partition coefficient (Wildman–Crippen LogP) is 7.99. The number of aliphatic hydroxyl groups excluding tert-OH is 1. The lowest BCUT2D eigenvalue weighted by molar-refractivity contribution is -0.116. The van der Waals surface area contributed by atoms with Crippen LogP contribution in [0.25, 0.3) is 0 Å². The van der Waals surface area contributed by atoms with Crippen molar-refractivity contribution < 1.29 is 38.4 Å². The van der Waals surface area contributed by atoms with Crippen LogP contribution in [0.4, 0.5) is 28.4 Å². The van der Waals surface area contributed by atoms with E-state index in [2.05, 4.69) is 34.6 Å². The molecule has 4 aliphatic rings. The predicted molar refractivity (Wildman–Crippen MR) is 246 cm³/mol. The lowest BCUT2D eigenvalue weighted by Gasteiger charge is -2.26. The van der Waals surface area contributed by atoms with Crippen molar-refractivity contribution >= 4 is 58.8 Å². The molecule has 0 fully saturated rings. The average Bonchev–Trinajstić information content (AvgIpc) is 3.78. The highest BCUT2D eigenvalue weighted by Crippen LogP contribution is 2.43. The van der Waals surface area contributed by atoms with Crippen LogP contribution in [0.15, 0.2) is 91.0 Å². The molecule has 0 aromatic heterocycles. The topological polar surface area (TPSA) is 151 Å². The number of anilines is 5. The van der Waals surface area contributed by atoms with Crippen molar-refractivity contribution in [2.45, 2.75) is 82.2 Å². The molecule has 13 nitrogen and oxygen atoms in total. The number of hydrogen-bond donors (Lipinski definition) is 5. The van der Waals surface area contributed by atoms with Crippen LogP contribution in [-0.4, -0.2) is 66.7 Å². The number of methoxy groups -OCH3 is 2. The second-order valence-electron chi connectivity index (χ2n) is 17.1. The molecule has 5 aromatic rings. The molecule has 3 amide bonds. The molecule has 4 N–H and O–H groups in total. The van der Waals surface area contributed by atoms with Crippen LogP contribution in [0.3, 0.4) is 0 Å². The highest BCUT2D eigenvalue weighted by atomic mass is 32.1. The zero-order valence-corrected chi connectivity index (χ0v) is 36.6. The summed E-state index contributed by atoms with van der Waals surface area (Å²) in [6.45, 7) is 4.79. The zero-order chi connectivity index (χ0) is 44.0. The largest absolute Gasteiger partial charge is 0.493 e. The van der Waals surface area contributed by atoms with Gasteiger partial charge in [-0.1, -0.05) is 50.2 Å². The number of benzene rings is 5. The van der Waals surface area contributed by atoms with Gasteiger partial charge < -0.3 is 49.8 Å². The molecule has 0 saturated carbocycles. The van der Waals surface area contributed by atoms with Gasteiger partial charge in [0.1, 0.15) is 19.4 Å². The molecule has 14 heteroatoms. The summed E-state index contributed by atoms with van der Waals surface area (Å²) in [5.41, 5.74) is 7.81. The van der Waals surface area contributed by atoms with Crippen LogP contribution in [0.5, 0.6) is 23.0 Å². The van der Waals surface area contributed by atoms with Crippen LogP contribution in [0, 0.1) is 0 Å². The third-order valence-corrected chi connectivity index (χ3v) is 12.3. The van der Waals surface area contributed by atoms with E-state index < -0.39 is 12.3 Å². The number of nitrogens with one attached hydrogen (secondary N) is 3.